The fourth-order valence-electron chi connectivity index (χ4n) is 0.942. The zero-order chi connectivity index (χ0) is 8.55. The first-order chi connectivity index (χ1) is 5.77. The molecule has 0 fully saturated rings. The number of halogens is 1. The Bertz CT molecular complexity index is 351. The third kappa shape index (κ3) is 1.10. The normalized spacial score (nSPS) is 14.6. The summed E-state index contributed by atoms with van der Waals surface area (Å²) in [6, 6.07) is 1.65. The van der Waals surface area contributed by atoms with Crippen molar-refractivity contribution in [3.8, 4) is 5.75 Å². The van der Waals surface area contributed by atoms with Crippen molar-refractivity contribution in [1.29, 1.82) is 0 Å². The Morgan fingerprint density at radius 1 is 1.58 bits per heavy atom. The molecule has 0 atom stereocenters. The van der Waals surface area contributed by atoms with Gasteiger partial charge in [0.05, 0.1) is 5.02 Å². The molecule has 1 aliphatic rings. The Morgan fingerprint density at radius 2 is 2.42 bits per heavy atom. The molecule has 0 bridgehead atoms. The molecule has 0 amide bonds. The van der Waals surface area contributed by atoms with E-state index in [0.717, 1.165) is 0 Å². The number of rotatable bonds is 0. The minimum Gasteiger partial charge on any atom is -0.480 e. The molecule has 0 unspecified atom stereocenters. The van der Waals surface area contributed by atoms with Crippen LogP contribution in [0.4, 0.5) is 5.82 Å². The van der Waals surface area contributed by atoms with Crippen LogP contribution in [0.5, 0.6) is 5.75 Å². The highest BCUT2D eigenvalue weighted by molar-refractivity contribution is 6.32. The standard InChI is InChI=1S/C7H6ClN3O/c8-4-1-2-10-7-6(4)12-3-5(9)11-7/h1-2H,3H2,(H2,9,10,11). The van der Waals surface area contributed by atoms with Gasteiger partial charge >= 0.3 is 0 Å². The molecule has 1 aromatic heterocycles. The number of fused-ring (bicyclic) bond motifs is 1. The van der Waals surface area contributed by atoms with Gasteiger partial charge in [-0.3, -0.25) is 0 Å². The van der Waals surface area contributed by atoms with Crippen molar-refractivity contribution in [3.63, 3.8) is 0 Å². The molecule has 1 aromatic rings. The highest BCUT2D eigenvalue weighted by Crippen LogP contribution is 2.34. The smallest absolute Gasteiger partial charge is 0.198 e. The van der Waals surface area contributed by atoms with Gasteiger partial charge in [-0.05, 0) is 6.07 Å². The molecule has 1 aliphatic heterocycles. The second-order valence-corrected chi connectivity index (χ2v) is 2.74. The topological polar surface area (TPSA) is 60.5 Å². The summed E-state index contributed by atoms with van der Waals surface area (Å²) in [7, 11) is 0. The van der Waals surface area contributed by atoms with Crippen molar-refractivity contribution in [2.75, 3.05) is 6.61 Å². The summed E-state index contributed by atoms with van der Waals surface area (Å²) >= 11 is 5.81. The molecule has 62 valence electrons. The zero-order valence-corrected chi connectivity index (χ0v) is 6.88. The van der Waals surface area contributed by atoms with Gasteiger partial charge in [0.1, 0.15) is 12.4 Å². The molecule has 0 saturated carbocycles. The maximum atomic E-state index is 5.81. The van der Waals surface area contributed by atoms with Gasteiger partial charge in [-0.1, -0.05) is 11.6 Å². The van der Waals surface area contributed by atoms with Crippen molar-refractivity contribution in [2.24, 2.45) is 10.7 Å². The highest BCUT2D eigenvalue weighted by Gasteiger charge is 2.14. The van der Waals surface area contributed by atoms with E-state index in [0.29, 0.717) is 22.4 Å². The quantitative estimate of drug-likeness (QED) is 0.656. The number of aromatic nitrogens is 1. The first-order valence-corrected chi connectivity index (χ1v) is 3.75. The molecule has 2 rings (SSSR count). The van der Waals surface area contributed by atoms with E-state index in [4.69, 9.17) is 22.1 Å². The van der Waals surface area contributed by atoms with Gasteiger partial charge in [0.2, 0.25) is 0 Å². The van der Waals surface area contributed by atoms with Crippen LogP contribution in [0, 0.1) is 0 Å². The van der Waals surface area contributed by atoms with E-state index >= 15 is 0 Å². The van der Waals surface area contributed by atoms with Crippen molar-refractivity contribution in [1.82, 2.24) is 4.98 Å². The van der Waals surface area contributed by atoms with Crippen LogP contribution in [0.3, 0.4) is 0 Å². The van der Waals surface area contributed by atoms with Crippen LogP contribution in [0.2, 0.25) is 5.02 Å². The van der Waals surface area contributed by atoms with Gasteiger partial charge in [0, 0.05) is 6.20 Å². The maximum absolute atomic E-state index is 5.81. The molecule has 0 aromatic carbocycles. The second-order valence-electron chi connectivity index (χ2n) is 2.34. The summed E-state index contributed by atoms with van der Waals surface area (Å²) in [4.78, 5) is 7.93. The largest absolute Gasteiger partial charge is 0.480 e. The van der Waals surface area contributed by atoms with Gasteiger partial charge in [-0.15, -0.1) is 0 Å². The number of aliphatic imine (C=N–C) groups is 1. The average molecular weight is 184 g/mol. The lowest BCUT2D eigenvalue weighted by molar-refractivity contribution is 0.369. The van der Waals surface area contributed by atoms with E-state index in [-0.39, 0.29) is 6.61 Å². The Kier molecular flexibility index (Phi) is 1.62. The second kappa shape index (κ2) is 2.64. The van der Waals surface area contributed by atoms with Crippen molar-refractivity contribution >= 4 is 23.3 Å². The van der Waals surface area contributed by atoms with Crippen LogP contribution >= 0.6 is 11.6 Å². The van der Waals surface area contributed by atoms with E-state index in [1.54, 1.807) is 12.3 Å². The van der Waals surface area contributed by atoms with E-state index in [1.807, 2.05) is 0 Å². The number of pyridine rings is 1. The lowest BCUT2D eigenvalue weighted by Gasteiger charge is -2.13. The molecule has 4 nitrogen and oxygen atoms in total. The third-order valence-electron chi connectivity index (χ3n) is 1.45. The summed E-state index contributed by atoms with van der Waals surface area (Å²) in [5.41, 5.74) is 5.44. The van der Waals surface area contributed by atoms with E-state index in [1.165, 1.54) is 0 Å². The molecular formula is C7H6ClN3O. The first kappa shape index (κ1) is 7.36. The predicted octanol–water partition coefficient (Wildman–Crippen LogP) is 1.12. The van der Waals surface area contributed by atoms with Crippen LogP contribution < -0.4 is 10.5 Å². The van der Waals surface area contributed by atoms with Crippen molar-refractivity contribution < 1.29 is 4.74 Å². The lowest BCUT2D eigenvalue weighted by atomic mass is 10.4. The summed E-state index contributed by atoms with van der Waals surface area (Å²) < 4.78 is 5.22. The molecular weight excluding hydrogens is 178 g/mol. The number of amidine groups is 1. The van der Waals surface area contributed by atoms with Crippen LogP contribution in [0.1, 0.15) is 0 Å². The Morgan fingerprint density at radius 3 is 3.25 bits per heavy atom. The number of ether oxygens (including phenoxy) is 1. The summed E-state index contributed by atoms with van der Waals surface area (Å²) in [6.45, 7) is 0.276. The molecule has 0 aliphatic carbocycles. The van der Waals surface area contributed by atoms with Gasteiger partial charge in [0.25, 0.3) is 0 Å². The molecule has 0 spiro atoms. The predicted molar refractivity (Wildman–Crippen MR) is 46.0 cm³/mol. The van der Waals surface area contributed by atoms with Crippen molar-refractivity contribution in [3.05, 3.63) is 17.3 Å². The Hall–Kier alpha value is -1.29. The van der Waals surface area contributed by atoms with Crippen LogP contribution in [-0.2, 0) is 0 Å². The number of hydrogen-bond acceptors (Lipinski definition) is 4. The number of nitrogens with zero attached hydrogens (tertiary/aromatic N) is 2. The van der Waals surface area contributed by atoms with Crippen LogP contribution in [0.15, 0.2) is 17.3 Å². The number of nitrogens with two attached hydrogens (primary N) is 1. The SMILES string of the molecule is NC1=Nc2nccc(Cl)c2OC1. The van der Waals surface area contributed by atoms with Crippen LogP contribution in [-0.4, -0.2) is 17.4 Å². The minimum absolute atomic E-state index is 0.276. The first-order valence-electron chi connectivity index (χ1n) is 3.38. The maximum Gasteiger partial charge on any atom is 0.198 e. The fraction of sp³-hybridized carbons (Fsp3) is 0.143. The average Bonchev–Trinajstić information content (AvgIpc) is 2.04. The monoisotopic (exact) mass is 183 g/mol. The third-order valence-corrected chi connectivity index (χ3v) is 1.75. The molecule has 2 heterocycles. The van der Waals surface area contributed by atoms with Crippen LogP contribution in [0.25, 0.3) is 0 Å². The highest BCUT2D eigenvalue weighted by atomic mass is 35.5. The molecule has 0 radical (unpaired) electrons. The number of hydrogen-bond donors (Lipinski definition) is 1. The van der Waals surface area contributed by atoms with Gasteiger partial charge in [-0.2, -0.15) is 0 Å². The lowest BCUT2D eigenvalue weighted by Crippen LogP contribution is -2.23. The molecule has 0 saturated heterocycles. The van der Waals surface area contributed by atoms with E-state index in [9.17, 15) is 0 Å². The van der Waals surface area contributed by atoms with Crippen molar-refractivity contribution in [2.45, 2.75) is 0 Å². The van der Waals surface area contributed by atoms with E-state index in [2.05, 4.69) is 9.98 Å². The summed E-state index contributed by atoms with van der Waals surface area (Å²) in [5, 5.41) is 0.510. The van der Waals surface area contributed by atoms with E-state index < -0.39 is 0 Å². The Balaban J connectivity index is 2.57. The minimum atomic E-state index is 0.276. The van der Waals surface area contributed by atoms with Gasteiger partial charge in [0.15, 0.2) is 11.6 Å². The van der Waals surface area contributed by atoms with Gasteiger partial charge in [-0.25, -0.2) is 9.98 Å². The Labute approximate surface area is 74.0 Å². The fourth-order valence-corrected chi connectivity index (χ4v) is 1.14. The molecule has 5 heteroatoms. The molecule has 12 heavy (non-hydrogen) atoms. The van der Waals surface area contributed by atoms with Gasteiger partial charge < -0.3 is 10.5 Å². The summed E-state index contributed by atoms with van der Waals surface area (Å²) in [6.07, 6.45) is 1.56. The molecule has 2 N–H and O–H groups in total. The zero-order valence-electron chi connectivity index (χ0n) is 6.12. The summed E-state index contributed by atoms with van der Waals surface area (Å²) in [5.74, 6) is 1.37.